The predicted molar refractivity (Wildman–Crippen MR) is 76.3 cm³/mol. The minimum atomic E-state index is -1.01. The Bertz CT molecular complexity index is 528. The first kappa shape index (κ1) is 15.5. The lowest BCUT2D eigenvalue weighted by Gasteiger charge is -2.17. The molecule has 1 fully saturated rings. The Morgan fingerprint density at radius 1 is 1.38 bits per heavy atom. The molecule has 2 rings (SSSR count). The van der Waals surface area contributed by atoms with Crippen LogP contribution in [0.1, 0.15) is 44.1 Å². The molecule has 1 aliphatic carbocycles. The standard InChI is InChI=1S/C16H20FNO3/c1-10(12-4-2-3-5-13(12)17)8-15(19)18-14(16(20)21)9-11-6-7-11/h2-5,10-11,14H,6-9H2,1H3,(H,18,19)(H,20,21). The summed E-state index contributed by atoms with van der Waals surface area (Å²) >= 11 is 0. The Labute approximate surface area is 123 Å². The summed E-state index contributed by atoms with van der Waals surface area (Å²) in [6.07, 6.45) is 2.63. The summed E-state index contributed by atoms with van der Waals surface area (Å²) in [5.41, 5.74) is 0.474. The van der Waals surface area contributed by atoms with Gasteiger partial charge in [0.2, 0.25) is 5.91 Å². The van der Waals surface area contributed by atoms with E-state index in [1.807, 2.05) is 0 Å². The van der Waals surface area contributed by atoms with Gasteiger partial charge in [0, 0.05) is 6.42 Å². The third kappa shape index (κ3) is 4.55. The molecule has 114 valence electrons. The molecule has 0 bridgehead atoms. The van der Waals surface area contributed by atoms with Crippen LogP contribution in [-0.4, -0.2) is 23.0 Å². The van der Waals surface area contributed by atoms with Crippen LogP contribution < -0.4 is 5.32 Å². The van der Waals surface area contributed by atoms with Crippen LogP contribution >= 0.6 is 0 Å². The molecule has 1 saturated carbocycles. The molecule has 0 aromatic heterocycles. The second-order valence-electron chi connectivity index (χ2n) is 5.76. The molecule has 0 saturated heterocycles. The largest absolute Gasteiger partial charge is 0.480 e. The fourth-order valence-electron chi connectivity index (χ4n) is 2.42. The summed E-state index contributed by atoms with van der Waals surface area (Å²) in [5, 5.41) is 11.7. The molecule has 2 atom stereocenters. The molecule has 0 radical (unpaired) electrons. The highest BCUT2D eigenvalue weighted by Gasteiger charge is 2.30. The van der Waals surface area contributed by atoms with Crippen molar-refractivity contribution in [3.63, 3.8) is 0 Å². The molecule has 2 N–H and O–H groups in total. The van der Waals surface area contributed by atoms with E-state index in [2.05, 4.69) is 5.32 Å². The SMILES string of the molecule is CC(CC(=O)NC(CC1CC1)C(=O)O)c1ccccc1F. The lowest BCUT2D eigenvalue weighted by Crippen LogP contribution is -2.41. The van der Waals surface area contributed by atoms with Gasteiger partial charge < -0.3 is 10.4 Å². The average Bonchev–Trinajstić information content (AvgIpc) is 3.22. The molecule has 2 unspecified atom stereocenters. The van der Waals surface area contributed by atoms with E-state index in [4.69, 9.17) is 5.11 Å². The van der Waals surface area contributed by atoms with Crippen molar-refractivity contribution in [3.8, 4) is 0 Å². The van der Waals surface area contributed by atoms with Gasteiger partial charge in [0.05, 0.1) is 0 Å². The van der Waals surface area contributed by atoms with Crippen molar-refractivity contribution < 1.29 is 19.1 Å². The Morgan fingerprint density at radius 3 is 2.62 bits per heavy atom. The van der Waals surface area contributed by atoms with Gasteiger partial charge in [-0.3, -0.25) is 4.79 Å². The Balaban J connectivity index is 1.90. The van der Waals surface area contributed by atoms with Gasteiger partial charge in [0.15, 0.2) is 0 Å². The number of rotatable bonds is 7. The van der Waals surface area contributed by atoms with Crippen LogP contribution in [0.25, 0.3) is 0 Å². The fraction of sp³-hybridized carbons (Fsp3) is 0.500. The van der Waals surface area contributed by atoms with E-state index in [1.165, 1.54) is 6.07 Å². The molecule has 0 spiro atoms. The summed E-state index contributed by atoms with van der Waals surface area (Å²) in [4.78, 5) is 23.1. The van der Waals surface area contributed by atoms with Crippen LogP contribution in [0.4, 0.5) is 4.39 Å². The Hall–Kier alpha value is -1.91. The number of amides is 1. The Morgan fingerprint density at radius 2 is 2.05 bits per heavy atom. The average molecular weight is 293 g/mol. The molecule has 0 aliphatic heterocycles. The number of halogens is 1. The van der Waals surface area contributed by atoms with Crippen molar-refractivity contribution in [1.29, 1.82) is 0 Å². The van der Waals surface area contributed by atoms with Crippen LogP contribution in [0.2, 0.25) is 0 Å². The van der Waals surface area contributed by atoms with Crippen molar-refractivity contribution in [2.75, 3.05) is 0 Å². The first-order chi connectivity index (χ1) is 9.97. The van der Waals surface area contributed by atoms with Gasteiger partial charge in [-0.2, -0.15) is 0 Å². The molecule has 4 nitrogen and oxygen atoms in total. The van der Waals surface area contributed by atoms with Gasteiger partial charge in [-0.25, -0.2) is 9.18 Å². The van der Waals surface area contributed by atoms with Gasteiger partial charge in [-0.1, -0.05) is 38.0 Å². The predicted octanol–water partition coefficient (Wildman–Crippen LogP) is 2.69. The highest BCUT2D eigenvalue weighted by Crippen LogP contribution is 2.33. The monoisotopic (exact) mass is 293 g/mol. The number of aliphatic carboxylic acids is 1. The van der Waals surface area contributed by atoms with E-state index in [0.29, 0.717) is 17.9 Å². The van der Waals surface area contributed by atoms with Crippen molar-refractivity contribution in [2.45, 2.75) is 44.6 Å². The van der Waals surface area contributed by atoms with Crippen molar-refractivity contribution in [2.24, 2.45) is 5.92 Å². The van der Waals surface area contributed by atoms with Gasteiger partial charge in [-0.15, -0.1) is 0 Å². The van der Waals surface area contributed by atoms with Crippen LogP contribution in [0.15, 0.2) is 24.3 Å². The van der Waals surface area contributed by atoms with E-state index in [0.717, 1.165) is 12.8 Å². The topological polar surface area (TPSA) is 66.4 Å². The zero-order chi connectivity index (χ0) is 15.4. The zero-order valence-corrected chi connectivity index (χ0v) is 12.0. The highest BCUT2D eigenvalue weighted by atomic mass is 19.1. The molecular formula is C16H20FNO3. The van der Waals surface area contributed by atoms with E-state index in [9.17, 15) is 14.0 Å². The molecule has 1 amide bonds. The fourth-order valence-corrected chi connectivity index (χ4v) is 2.42. The van der Waals surface area contributed by atoms with Crippen LogP contribution in [0, 0.1) is 11.7 Å². The van der Waals surface area contributed by atoms with Crippen molar-refractivity contribution >= 4 is 11.9 Å². The molecule has 1 aromatic carbocycles. The molecule has 1 aromatic rings. The maximum atomic E-state index is 13.6. The summed E-state index contributed by atoms with van der Waals surface area (Å²) in [5.74, 6) is -1.57. The minimum Gasteiger partial charge on any atom is -0.480 e. The lowest BCUT2D eigenvalue weighted by atomic mass is 9.96. The third-order valence-electron chi connectivity index (χ3n) is 3.83. The maximum Gasteiger partial charge on any atom is 0.326 e. The molecular weight excluding hydrogens is 273 g/mol. The lowest BCUT2D eigenvalue weighted by molar-refractivity contribution is -0.142. The molecule has 5 heteroatoms. The van der Waals surface area contributed by atoms with Gasteiger partial charge in [-0.05, 0) is 29.9 Å². The van der Waals surface area contributed by atoms with Gasteiger partial charge in [0.1, 0.15) is 11.9 Å². The summed E-state index contributed by atoms with van der Waals surface area (Å²) in [6, 6.07) is 5.49. The number of nitrogens with one attached hydrogen (secondary N) is 1. The van der Waals surface area contributed by atoms with Crippen LogP contribution in [0.5, 0.6) is 0 Å². The van der Waals surface area contributed by atoms with E-state index in [1.54, 1.807) is 25.1 Å². The first-order valence-electron chi connectivity index (χ1n) is 7.24. The van der Waals surface area contributed by atoms with Crippen LogP contribution in [-0.2, 0) is 9.59 Å². The van der Waals surface area contributed by atoms with Crippen molar-refractivity contribution in [1.82, 2.24) is 5.32 Å². The minimum absolute atomic E-state index is 0.0787. The molecule has 0 heterocycles. The second-order valence-corrected chi connectivity index (χ2v) is 5.76. The van der Waals surface area contributed by atoms with Gasteiger partial charge >= 0.3 is 5.97 Å². The van der Waals surface area contributed by atoms with Crippen LogP contribution in [0.3, 0.4) is 0 Å². The zero-order valence-electron chi connectivity index (χ0n) is 12.0. The number of hydrogen-bond donors (Lipinski definition) is 2. The van der Waals surface area contributed by atoms with Crippen molar-refractivity contribution in [3.05, 3.63) is 35.6 Å². The molecule has 21 heavy (non-hydrogen) atoms. The van der Waals surface area contributed by atoms with E-state index >= 15 is 0 Å². The normalized spacial score (nSPS) is 17.0. The quantitative estimate of drug-likeness (QED) is 0.812. The number of carboxylic acids is 1. The third-order valence-corrected chi connectivity index (χ3v) is 3.83. The van der Waals surface area contributed by atoms with E-state index < -0.39 is 12.0 Å². The summed E-state index contributed by atoms with van der Waals surface area (Å²) in [6.45, 7) is 1.76. The summed E-state index contributed by atoms with van der Waals surface area (Å²) in [7, 11) is 0. The number of carbonyl (C=O) groups excluding carboxylic acids is 1. The smallest absolute Gasteiger partial charge is 0.326 e. The number of carboxylic acid groups (broad SMARTS) is 1. The number of hydrogen-bond acceptors (Lipinski definition) is 2. The van der Waals surface area contributed by atoms with Gasteiger partial charge in [0.25, 0.3) is 0 Å². The molecule has 1 aliphatic rings. The first-order valence-corrected chi connectivity index (χ1v) is 7.24. The number of carbonyl (C=O) groups is 2. The number of benzene rings is 1. The highest BCUT2D eigenvalue weighted by molar-refractivity contribution is 5.84. The second kappa shape index (κ2) is 6.70. The summed E-state index contributed by atoms with van der Waals surface area (Å²) < 4.78 is 13.6. The van der Waals surface area contributed by atoms with E-state index in [-0.39, 0.29) is 24.1 Å². The Kier molecular flexibility index (Phi) is 4.94. The maximum absolute atomic E-state index is 13.6.